The van der Waals surface area contributed by atoms with Crippen LogP contribution in [0, 0.1) is 0 Å². The highest BCUT2D eigenvalue weighted by atomic mass is 16.7. The van der Waals surface area contributed by atoms with E-state index in [0.29, 0.717) is 13.2 Å². The minimum absolute atomic E-state index is 0.189. The van der Waals surface area contributed by atoms with Gasteiger partial charge in [0.1, 0.15) is 11.4 Å². The zero-order valence-corrected chi connectivity index (χ0v) is 21.2. The lowest BCUT2D eigenvalue weighted by Crippen LogP contribution is -2.41. The number of unbranched alkanes of at least 4 members (excludes halogenated alkanes) is 1. The quantitative estimate of drug-likeness (QED) is 0.548. The van der Waals surface area contributed by atoms with Gasteiger partial charge in [0.25, 0.3) is 5.91 Å². The molecule has 180 valence electrons. The van der Waals surface area contributed by atoms with Gasteiger partial charge in [-0.2, -0.15) is 0 Å². The summed E-state index contributed by atoms with van der Waals surface area (Å²) in [5, 5.41) is 0. The summed E-state index contributed by atoms with van der Waals surface area (Å²) in [6.45, 7) is 11.4. The Kier molecular flexibility index (Phi) is 6.78. The third-order valence-corrected chi connectivity index (χ3v) is 7.84. The monoisotopic (exact) mass is 454 g/mol. The topological polar surface area (TPSA) is 60.4 Å². The van der Waals surface area contributed by atoms with Crippen LogP contribution < -0.4 is 5.46 Å². The molecular formula is C26H39BN2O4. The normalized spacial score (nSPS) is 23.1. The molecule has 2 heterocycles. The average Bonchev–Trinajstić information content (AvgIpc) is 3.38. The van der Waals surface area contributed by atoms with Crippen molar-refractivity contribution in [1.29, 1.82) is 0 Å². The van der Waals surface area contributed by atoms with Crippen molar-refractivity contribution in [2.24, 2.45) is 4.99 Å². The molecule has 1 saturated heterocycles. The second kappa shape index (κ2) is 9.16. The molecule has 7 heteroatoms. The second-order valence-corrected chi connectivity index (χ2v) is 10.8. The predicted molar refractivity (Wildman–Crippen MR) is 132 cm³/mol. The van der Waals surface area contributed by atoms with Crippen LogP contribution in [-0.2, 0) is 32.0 Å². The van der Waals surface area contributed by atoms with Crippen LogP contribution in [0.25, 0.3) is 0 Å². The molecule has 0 N–H and O–H groups in total. The number of amides is 1. The zero-order chi connectivity index (χ0) is 23.9. The van der Waals surface area contributed by atoms with E-state index < -0.39 is 23.9 Å². The van der Waals surface area contributed by atoms with E-state index in [1.807, 2.05) is 4.90 Å². The smallest absolute Gasteiger partial charge is 0.399 e. The maximum Gasteiger partial charge on any atom is 0.495 e. The molecule has 6 nitrogen and oxygen atoms in total. The number of amidine groups is 1. The Bertz CT molecular complexity index is 905. The van der Waals surface area contributed by atoms with E-state index in [2.05, 4.69) is 52.8 Å². The van der Waals surface area contributed by atoms with Crippen LogP contribution in [0.15, 0.2) is 23.2 Å². The van der Waals surface area contributed by atoms with Crippen molar-refractivity contribution in [2.45, 2.75) is 109 Å². The number of carbonyl (C=O) groups is 1. The Balaban J connectivity index is 1.59. The van der Waals surface area contributed by atoms with Gasteiger partial charge in [-0.15, -0.1) is 0 Å². The lowest BCUT2D eigenvalue weighted by atomic mass is 9.75. The van der Waals surface area contributed by atoms with E-state index in [1.54, 1.807) is 7.11 Å². The van der Waals surface area contributed by atoms with Crippen molar-refractivity contribution >= 4 is 24.3 Å². The fourth-order valence-corrected chi connectivity index (χ4v) is 5.12. The summed E-state index contributed by atoms with van der Waals surface area (Å²) in [4.78, 5) is 20.4. The molecule has 3 aliphatic rings. The van der Waals surface area contributed by atoms with Crippen LogP contribution in [0.3, 0.4) is 0 Å². The van der Waals surface area contributed by atoms with E-state index in [4.69, 9.17) is 19.0 Å². The van der Waals surface area contributed by atoms with Crippen molar-refractivity contribution in [3.63, 3.8) is 0 Å². The summed E-state index contributed by atoms with van der Waals surface area (Å²) in [6, 6.07) is 6.29. The summed E-state index contributed by atoms with van der Waals surface area (Å²) in [5.74, 6) is 1.15. The lowest BCUT2D eigenvalue weighted by Gasteiger charge is -2.32. The van der Waals surface area contributed by atoms with Crippen LogP contribution in [0.2, 0.25) is 0 Å². The first-order valence-electron chi connectivity index (χ1n) is 12.5. The standard InChI is InChI=1S/C26H39BN2O4/c1-7-8-11-22-28-26(14-9-10-15-26)23(30)29(22)17-19-12-13-21(20(16-19)18-31-6)27-32-24(2,3)25(4,5)33-27/h12-13,16H,7-11,14-15,17-18H2,1-6H3. The van der Waals surface area contributed by atoms with Gasteiger partial charge in [-0.1, -0.05) is 44.4 Å². The van der Waals surface area contributed by atoms with Crippen molar-refractivity contribution in [3.05, 3.63) is 29.3 Å². The first kappa shape index (κ1) is 24.4. The number of carbonyl (C=O) groups excluding carboxylic acids is 1. The number of rotatable bonds is 8. The Morgan fingerprint density at radius 1 is 1.12 bits per heavy atom. The molecule has 1 spiro atoms. The van der Waals surface area contributed by atoms with Gasteiger partial charge in [-0.25, -0.2) is 0 Å². The fraction of sp³-hybridized carbons (Fsp3) is 0.692. The Morgan fingerprint density at radius 3 is 2.39 bits per heavy atom. The van der Waals surface area contributed by atoms with Crippen LogP contribution in [0.4, 0.5) is 0 Å². The molecule has 2 fully saturated rings. The third kappa shape index (κ3) is 4.52. The summed E-state index contributed by atoms with van der Waals surface area (Å²) in [6.07, 6.45) is 6.95. The molecule has 0 atom stereocenters. The molecule has 2 aliphatic heterocycles. The molecular weight excluding hydrogens is 415 g/mol. The molecule has 1 aromatic rings. The fourth-order valence-electron chi connectivity index (χ4n) is 5.12. The van der Waals surface area contributed by atoms with Gasteiger partial charge in [0.2, 0.25) is 0 Å². The largest absolute Gasteiger partial charge is 0.495 e. The van der Waals surface area contributed by atoms with Gasteiger partial charge in [-0.3, -0.25) is 14.7 Å². The van der Waals surface area contributed by atoms with Gasteiger partial charge in [0, 0.05) is 13.5 Å². The Hall–Kier alpha value is -1.70. The number of benzene rings is 1. The maximum absolute atomic E-state index is 13.5. The number of hydrogen-bond acceptors (Lipinski definition) is 5. The Labute approximate surface area is 199 Å². The summed E-state index contributed by atoms with van der Waals surface area (Å²) >= 11 is 0. The van der Waals surface area contributed by atoms with Gasteiger partial charge >= 0.3 is 7.12 Å². The predicted octanol–water partition coefficient (Wildman–Crippen LogP) is 4.38. The van der Waals surface area contributed by atoms with Crippen molar-refractivity contribution in [1.82, 2.24) is 4.90 Å². The highest BCUT2D eigenvalue weighted by Crippen LogP contribution is 2.40. The average molecular weight is 454 g/mol. The number of ether oxygens (including phenoxy) is 1. The lowest BCUT2D eigenvalue weighted by molar-refractivity contribution is -0.131. The summed E-state index contributed by atoms with van der Waals surface area (Å²) in [5.41, 5.74) is 1.80. The van der Waals surface area contributed by atoms with Crippen LogP contribution in [0.5, 0.6) is 0 Å². The molecule has 0 bridgehead atoms. The molecule has 4 rings (SSSR count). The van der Waals surface area contributed by atoms with Crippen molar-refractivity contribution in [2.75, 3.05) is 7.11 Å². The van der Waals surface area contributed by atoms with Crippen LogP contribution in [0.1, 0.15) is 90.7 Å². The van der Waals surface area contributed by atoms with E-state index in [-0.39, 0.29) is 5.91 Å². The van der Waals surface area contributed by atoms with Crippen molar-refractivity contribution < 1.29 is 18.8 Å². The number of aliphatic imine (C=N–C) groups is 1. The zero-order valence-electron chi connectivity index (χ0n) is 21.2. The summed E-state index contributed by atoms with van der Waals surface area (Å²) in [7, 11) is 1.26. The van der Waals surface area contributed by atoms with Gasteiger partial charge in [-0.05, 0) is 63.5 Å². The third-order valence-electron chi connectivity index (χ3n) is 7.84. The van der Waals surface area contributed by atoms with E-state index >= 15 is 0 Å². The minimum atomic E-state index is -0.499. The molecule has 0 unspecified atom stereocenters. The highest BCUT2D eigenvalue weighted by Gasteiger charge is 2.52. The van der Waals surface area contributed by atoms with Gasteiger partial charge in [0.05, 0.1) is 24.4 Å². The van der Waals surface area contributed by atoms with Gasteiger partial charge < -0.3 is 14.0 Å². The van der Waals surface area contributed by atoms with E-state index in [1.165, 1.54) is 0 Å². The minimum Gasteiger partial charge on any atom is -0.399 e. The highest BCUT2D eigenvalue weighted by molar-refractivity contribution is 6.62. The van der Waals surface area contributed by atoms with E-state index in [0.717, 1.165) is 67.4 Å². The first-order valence-corrected chi connectivity index (χ1v) is 12.5. The number of nitrogens with zero attached hydrogens (tertiary/aromatic N) is 2. The SMILES string of the molecule is CCCCC1=NC2(CCCC2)C(=O)N1Cc1ccc(B2OC(C)(C)C(C)(C)O2)c(COC)c1. The second-order valence-electron chi connectivity index (χ2n) is 10.8. The number of hydrogen-bond donors (Lipinski definition) is 0. The maximum atomic E-state index is 13.5. The molecule has 33 heavy (non-hydrogen) atoms. The Morgan fingerprint density at radius 2 is 1.79 bits per heavy atom. The number of methoxy groups -OCH3 is 1. The molecule has 0 radical (unpaired) electrons. The molecule has 1 aromatic carbocycles. The molecule has 1 aliphatic carbocycles. The van der Waals surface area contributed by atoms with Crippen LogP contribution >= 0.6 is 0 Å². The summed E-state index contributed by atoms with van der Waals surface area (Å²) < 4.78 is 18.1. The first-order chi connectivity index (χ1) is 15.6. The molecule has 1 amide bonds. The van der Waals surface area contributed by atoms with E-state index in [9.17, 15) is 4.79 Å². The van der Waals surface area contributed by atoms with Crippen molar-refractivity contribution in [3.8, 4) is 0 Å². The molecule has 0 aromatic heterocycles. The van der Waals surface area contributed by atoms with Gasteiger partial charge in [0.15, 0.2) is 0 Å². The molecule has 1 saturated carbocycles. The van der Waals surface area contributed by atoms with Crippen LogP contribution in [-0.4, -0.2) is 47.6 Å².